The number of carbonyl (C=O) groups is 1. The molecule has 0 aliphatic carbocycles. The van der Waals surface area contributed by atoms with Crippen LogP contribution in [0.25, 0.3) is 0 Å². The molecule has 2 atom stereocenters. The van der Waals surface area contributed by atoms with E-state index in [1.54, 1.807) is 31.2 Å². The quantitative estimate of drug-likeness (QED) is 0.667. The van der Waals surface area contributed by atoms with Crippen LogP contribution >= 0.6 is 0 Å². The standard InChI is InChI=1S/C15H18O4/c1-3-9-15(17)10-13(14(16)18-4-2)19-12-8-6-5-7-11(12)15/h3,5-8,13,17H,1,4,9-10H2,2H3. The van der Waals surface area contributed by atoms with Crippen molar-refractivity contribution >= 4 is 5.97 Å². The van der Waals surface area contributed by atoms with Gasteiger partial charge in [-0.25, -0.2) is 4.79 Å². The van der Waals surface area contributed by atoms with Crippen LogP contribution in [0, 0.1) is 0 Å². The largest absolute Gasteiger partial charge is 0.478 e. The van der Waals surface area contributed by atoms with Gasteiger partial charge in [-0.2, -0.15) is 0 Å². The molecule has 0 amide bonds. The highest BCUT2D eigenvalue weighted by Crippen LogP contribution is 2.41. The third-order valence-electron chi connectivity index (χ3n) is 3.21. The minimum absolute atomic E-state index is 0.175. The zero-order valence-corrected chi connectivity index (χ0v) is 11.0. The molecule has 0 saturated heterocycles. The Morgan fingerprint density at radius 2 is 2.37 bits per heavy atom. The lowest BCUT2D eigenvalue weighted by Crippen LogP contribution is -2.42. The second kappa shape index (κ2) is 5.45. The predicted octanol–water partition coefficient (Wildman–Crippen LogP) is 2.16. The molecule has 0 bridgehead atoms. The molecule has 2 rings (SSSR count). The fraction of sp³-hybridized carbons (Fsp3) is 0.400. The maximum absolute atomic E-state index is 11.8. The van der Waals surface area contributed by atoms with E-state index in [1.807, 2.05) is 6.07 Å². The van der Waals surface area contributed by atoms with Crippen LogP contribution in [0.5, 0.6) is 5.75 Å². The molecule has 0 aromatic heterocycles. The molecule has 0 radical (unpaired) electrons. The van der Waals surface area contributed by atoms with Gasteiger partial charge in [-0.15, -0.1) is 6.58 Å². The van der Waals surface area contributed by atoms with E-state index in [-0.39, 0.29) is 6.42 Å². The van der Waals surface area contributed by atoms with E-state index in [2.05, 4.69) is 6.58 Å². The highest BCUT2D eigenvalue weighted by Gasteiger charge is 2.42. The zero-order chi connectivity index (χ0) is 13.9. The van der Waals surface area contributed by atoms with Crippen molar-refractivity contribution in [3.8, 4) is 5.75 Å². The summed E-state index contributed by atoms with van der Waals surface area (Å²) in [6.45, 7) is 5.69. The van der Waals surface area contributed by atoms with Crippen LogP contribution in [0.1, 0.15) is 25.3 Å². The van der Waals surface area contributed by atoms with Crippen molar-refractivity contribution in [2.75, 3.05) is 6.61 Å². The Balaban J connectivity index is 2.34. The molecule has 1 aromatic carbocycles. The number of hydrogen-bond acceptors (Lipinski definition) is 4. The average molecular weight is 262 g/mol. The second-order valence-electron chi connectivity index (χ2n) is 4.58. The van der Waals surface area contributed by atoms with E-state index < -0.39 is 17.7 Å². The van der Waals surface area contributed by atoms with Gasteiger partial charge >= 0.3 is 5.97 Å². The Bertz CT molecular complexity index is 483. The molecule has 1 N–H and O–H groups in total. The summed E-state index contributed by atoms with van der Waals surface area (Å²) < 4.78 is 10.6. The Hall–Kier alpha value is -1.81. The second-order valence-corrected chi connectivity index (χ2v) is 4.58. The van der Waals surface area contributed by atoms with Crippen LogP contribution in [-0.4, -0.2) is 23.8 Å². The molecule has 0 saturated carbocycles. The highest BCUT2D eigenvalue weighted by molar-refractivity contribution is 5.76. The molecule has 2 unspecified atom stereocenters. The van der Waals surface area contributed by atoms with Crippen LogP contribution in [0.3, 0.4) is 0 Å². The first-order valence-electron chi connectivity index (χ1n) is 6.37. The lowest BCUT2D eigenvalue weighted by atomic mass is 9.82. The van der Waals surface area contributed by atoms with E-state index in [1.165, 1.54) is 0 Å². The van der Waals surface area contributed by atoms with Gasteiger partial charge < -0.3 is 14.6 Å². The maximum Gasteiger partial charge on any atom is 0.347 e. The molecule has 1 aliphatic heterocycles. The van der Waals surface area contributed by atoms with Crippen molar-refractivity contribution in [1.82, 2.24) is 0 Å². The first kappa shape index (κ1) is 13.6. The Morgan fingerprint density at radius 3 is 3.05 bits per heavy atom. The van der Waals surface area contributed by atoms with Gasteiger partial charge in [-0.1, -0.05) is 24.3 Å². The van der Waals surface area contributed by atoms with Crippen LogP contribution in [0.4, 0.5) is 0 Å². The number of carbonyl (C=O) groups excluding carboxylic acids is 1. The van der Waals surface area contributed by atoms with Crippen LogP contribution < -0.4 is 4.74 Å². The van der Waals surface area contributed by atoms with E-state index in [9.17, 15) is 9.90 Å². The van der Waals surface area contributed by atoms with Crippen molar-refractivity contribution in [3.63, 3.8) is 0 Å². The number of esters is 1. The summed E-state index contributed by atoms with van der Waals surface area (Å²) in [7, 11) is 0. The highest BCUT2D eigenvalue weighted by atomic mass is 16.6. The molecule has 4 nitrogen and oxygen atoms in total. The van der Waals surface area contributed by atoms with Crippen molar-refractivity contribution in [1.29, 1.82) is 0 Å². The molecular weight excluding hydrogens is 244 g/mol. The van der Waals surface area contributed by atoms with E-state index in [0.717, 1.165) is 0 Å². The summed E-state index contributed by atoms with van der Waals surface area (Å²) in [5, 5.41) is 10.8. The zero-order valence-electron chi connectivity index (χ0n) is 11.0. The van der Waals surface area contributed by atoms with Crippen molar-refractivity contribution in [2.24, 2.45) is 0 Å². The summed E-state index contributed by atoms with van der Waals surface area (Å²) in [6.07, 6.45) is 1.41. The van der Waals surface area contributed by atoms with Crippen LogP contribution in [0.2, 0.25) is 0 Å². The molecule has 0 spiro atoms. The fourth-order valence-electron chi connectivity index (χ4n) is 2.36. The SMILES string of the molecule is C=CCC1(O)CC(C(=O)OCC)Oc2ccccc21. The Kier molecular flexibility index (Phi) is 3.90. The van der Waals surface area contributed by atoms with Gasteiger partial charge in [0.25, 0.3) is 0 Å². The van der Waals surface area contributed by atoms with Crippen molar-refractivity contribution in [2.45, 2.75) is 31.5 Å². The smallest absolute Gasteiger partial charge is 0.347 e. The third kappa shape index (κ3) is 2.63. The van der Waals surface area contributed by atoms with Gasteiger partial charge in [0.2, 0.25) is 0 Å². The Morgan fingerprint density at radius 1 is 1.63 bits per heavy atom. The molecular formula is C15H18O4. The summed E-state index contributed by atoms with van der Waals surface area (Å²) in [4.78, 5) is 11.8. The Labute approximate surface area is 112 Å². The van der Waals surface area contributed by atoms with Gasteiger partial charge in [0.1, 0.15) is 11.4 Å². The fourth-order valence-corrected chi connectivity index (χ4v) is 2.36. The number of para-hydroxylation sites is 1. The maximum atomic E-state index is 11.8. The van der Waals surface area contributed by atoms with Crippen LogP contribution in [0.15, 0.2) is 36.9 Å². The summed E-state index contributed by atoms with van der Waals surface area (Å²) in [5.74, 6) is 0.0793. The first-order chi connectivity index (χ1) is 9.10. The molecule has 102 valence electrons. The van der Waals surface area contributed by atoms with Gasteiger partial charge in [0, 0.05) is 12.0 Å². The van der Waals surface area contributed by atoms with Crippen molar-refractivity contribution in [3.05, 3.63) is 42.5 Å². The first-order valence-corrected chi connectivity index (χ1v) is 6.37. The summed E-state index contributed by atoms with van der Waals surface area (Å²) in [6, 6.07) is 7.19. The minimum Gasteiger partial charge on any atom is -0.478 e. The number of benzene rings is 1. The van der Waals surface area contributed by atoms with Gasteiger partial charge in [-0.05, 0) is 19.4 Å². The van der Waals surface area contributed by atoms with Gasteiger partial charge in [0.05, 0.1) is 6.61 Å². The molecule has 0 fully saturated rings. The van der Waals surface area contributed by atoms with Crippen LogP contribution in [-0.2, 0) is 15.1 Å². The van der Waals surface area contributed by atoms with E-state index in [4.69, 9.17) is 9.47 Å². The number of rotatable bonds is 4. The molecule has 1 aliphatic rings. The number of fused-ring (bicyclic) bond motifs is 1. The average Bonchev–Trinajstić information content (AvgIpc) is 2.39. The lowest BCUT2D eigenvalue weighted by molar-refractivity contribution is -0.157. The molecule has 4 heteroatoms. The van der Waals surface area contributed by atoms with E-state index >= 15 is 0 Å². The normalized spacial score (nSPS) is 25.1. The molecule has 1 aromatic rings. The number of hydrogen-bond donors (Lipinski definition) is 1. The van der Waals surface area contributed by atoms with Gasteiger partial charge in [0.15, 0.2) is 6.10 Å². The minimum atomic E-state index is -1.13. The summed E-state index contributed by atoms with van der Waals surface area (Å²) >= 11 is 0. The number of aliphatic hydroxyl groups is 1. The van der Waals surface area contributed by atoms with Crippen molar-refractivity contribution < 1.29 is 19.4 Å². The summed E-state index contributed by atoms with van der Waals surface area (Å²) in [5.41, 5.74) is -0.441. The van der Waals surface area contributed by atoms with E-state index in [0.29, 0.717) is 24.3 Å². The lowest BCUT2D eigenvalue weighted by Gasteiger charge is -2.37. The number of ether oxygens (including phenoxy) is 2. The third-order valence-corrected chi connectivity index (χ3v) is 3.21. The molecule has 1 heterocycles. The predicted molar refractivity (Wildman–Crippen MR) is 70.8 cm³/mol. The topological polar surface area (TPSA) is 55.8 Å². The monoisotopic (exact) mass is 262 g/mol. The molecule has 19 heavy (non-hydrogen) atoms. The van der Waals surface area contributed by atoms with Gasteiger partial charge in [-0.3, -0.25) is 0 Å².